The van der Waals surface area contributed by atoms with Gasteiger partial charge < -0.3 is 9.73 Å². The fraction of sp³-hybridized carbons (Fsp3) is 0.0714. The lowest BCUT2D eigenvalue weighted by molar-refractivity contribution is 0.0950. The predicted molar refractivity (Wildman–Crippen MR) is 69.4 cm³/mol. The molecule has 5 heteroatoms. The number of fused-ring (bicyclic) bond motifs is 1. The molecule has 0 aliphatic heterocycles. The summed E-state index contributed by atoms with van der Waals surface area (Å²) in [6.07, 6.45) is 4.58. The molecular formula is C14H11N3O2. The van der Waals surface area contributed by atoms with Crippen molar-refractivity contribution in [2.75, 3.05) is 0 Å². The summed E-state index contributed by atoms with van der Waals surface area (Å²) in [7, 11) is 0. The van der Waals surface area contributed by atoms with Gasteiger partial charge in [0.1, 0.15) is 5.52 Å². The molecule has 94 valence electrons. The average molecular weight is 253 g/mol. The molecule has 0 fully saturated rings. The lowest BCUT2D eigenvalue weighted by Crippen LogP contribution is -2.22. The molecule has 2 heterocycles. The van der Waals surface area contributed by atoms with E-state index in [4.69, 9.17) is 4.42 Å². The first-order valence-electron chi connectivity index (χ1n) is 5.83. The Morgan fingerprint density at radius 1 is 1.32 bits per heavy atom. The highest BCUT2D eigenvalue weighted by atomic mass is 16.3. The number of carbonyl (C=O) groups is 1. The second-order valence-electron chi connectivity index (χ2n) is 4.08. The third-order valence-electron chi connectivity index (χ3n) is 2.77. The maximum Gasteiger partial charge on any atom is 0.253 e. The van der Waals surface area contributed by atoms with Crippen molar-refractivity contribution < 1.29 is 9.21 Å². The van der Waals surface area contributed by atoms with Crippen LogP contribution in [0.25, 0.3) is 11.1 Å². The second kappa shape index (κ2) is 4.89. The van der Waals surface area contributed by atoms with E-state index in [2.05, 4.69) is 15.3 Å². The molecule has 0 saturated carbocycles. The lowest BCUT2D eigenvalue weighted by atomic mass is 10.2. The van der Waals surface area contributed by atoms with Crippen LogP contribution in [0.3, 0.4) is 0 Å². The summed E-state index contributed by atoms with van der Waals surface area (Å²) in [5.74, 6) is -0.147. The zero-order valence-corrected chi connectivity index (χ0v) is 10.0. The molecule has 1 amide bonds. The van der Waals surface area contributed by atoms with Crippen molar-refractivity contribution in [3.8, 4) is 0 Å². The molecule has 0 aliphatic rings. The number of nitrogens with one attached hydrogen (secondary N) is 1. The van der Waals surface area contributed by atoms with Crippen molar-refractivity contribution in [2.45, 2.75) is 6.54 Å². The summed E-state index contributed by atoms with van der Waals surface area (Å²) in [5.41, 5.74) is 3.03. The largest absolute Gasteiger partial charge is 0.443 e. The van der Waals surface area contributed by atoms with Gasteiger partial charge in [0.15, 0.2) is 12.0 Å². The summed E-state index contributed by atoms with van der Waals surface area (Å²) < 4.78 is 5.22. The number of aromatic nitrogens is 2. The van der Waals surface area contributed by atoms with E-state index in [0.717, 1.165) is 11.1 Å². The van der Waals surface area contributed by atoms with Gasteiger partial charge in [-0.15, -0.1) is 0 Å². The Morgan fingerprint density at radius 2 is 2.26 bits per heavy atom. The van der Waals surface area contributed by atoms with Gasteiger partial charge >= 0.3 is 0 Å². The normalized spacial score (nSPS) is 10.5. The molecule has 0 radical (unpaired) electrons. The van der Waals surface area contributed by atoms with E-state index in [1.807, 2.05) is 18.2 Å². The number of pyridine rings is 1. The molecule has 0 spiro atoms. The zero-order valence-electron chi connectivity index (χ0n) is 10.0. The second-order valence-corrected chi connectivity index (χ2v) is 4.08. The van der Waals surface area contributed by atoms with Crippen LogP contribution >= 0.6 is 0 Å². The van der Waals surface area contributed by atoms with Crippen LogP contribution in [-0.4, -0.2) is 15.9 Å². The number of rotatable bonds is 3. The molecule has 0 saturated heterocycles. The predicted octanol–water partition coefficient (Wildman–Crippen LogP) is 2.15. The summed E-state index contributed by atoms with van der Waals surface area (Å²) in [6.45, 7) is 0.435. The Morgan fingerprint density at radius 3 is 3.11 bits per heavy atom. The van der Waals surface area contributed by atoms with Gasteiger partial charge in [-0.1, -0.05) is 6.07 Å². The van der Waals surface area contributed by atoms with E-state index >= 15 is 0 Å². The standard InChI is InChI=1S/C14H11N3O2/c18-14(11-2-1-5-15-8-11)16-7-10-3-4-12-13(6-10)19-9-17-12/h1-6,8-9H,7H2,(H,16,18). The molecule has 0 atom stereocenters. The van der Waals surface area contributed by atoms with Crippen molar-refractivity contribution in [1.82, 2.24) is 15.3 Å². The molecule has 5 nitrogen and oxygen atoms in total. The quantitative estimate of drug-likeness (QED) is 0.776. The van der Waals surface area contributed by atoms with Crippen LogP contribution in [0.5, 0.6) is 0 Å². The van der Waals surface area contributed by atoms with Gasteiger partial charge in [0.25, 0.3) is 5.91 Å². The minimum atomic E-state index is -0.147. The number of benzene rings is 1. The monoisotopic (exact) mass is 253 g/mol. The molecule has 3 aromatic rings. The van der Waals surface area contributed by atoms with Crippen molar-refractivity contribution in [3.63, 3.8) is 0 Å². The first-order valence-corrected chi connectivity index (χ1v) is 5.83. The number of carbonyl (C=O) groups excluding carboxylic acids is 1. The van der Waals surface area contributed by atoms with Crippen LogP contribution in [0.15, 0.2) is 53.5 Å². The Bertz CT molecular complexity index is 707. The Balaban J connectivity index is 1.70. The fourth-order valence-electron chi connectivity index (χ4n) is 1.79. The Hall–Kier alpha value is -2.69. The number of oxazole rings is 1. The summed E-state index contributed by atoms with van der Waals surface area (Å²) >= 11 is 0. The molecule has 0 aliphatic carbocycles. The topological polar surface area (TPSA) is 68.0 Å². The summed E-state index contributed by atoms with van der Waals surface area (Å²) in [6, 6.07) is 9.10. The highest BCUT2D eigenvalue weighted by Gasteiger charge is 2.05. The van der Waals surface area contributed by atoms with Crippen LogP contribution in [0, 0.1) is 0 Å². The van der Waals surface area contributed by atoms with Gasteiger partial charge in [-0.25, -0.2) is 4.98 Å². The molecule has 2 aromatic heterocycles. The number of amides is 1. The fourth-order valence-corrected chi connectivity index (χ4v) is 1.79. The SMILES string of the molecule is O=C(NCc1ccc2ncoc2c1)c1cccnc1. The third kappa shape index (κ3) is 2.44. The smallest absolute Gasteiger partial charge is 0.253 e. The van der Waals surface area contributed by atoms with Crippen molar-refractivity contribution in [1.29, 1.82) is 0 Å². The first-order chi connectivity index (χ1) is 9.33. The third-order valence-corrected chi connectivity index (χ3v) is 2.77. The van der Waals surface area contributed by atoms with Gasteiger partial charge in [0.05, 0.1) is 5.56 Å². The molecular weight excluding hydrogens is 242 g/mol. The zero-order chi connectivity index (χ0) is 13.1. The highest BCUT2D eigenvalue weighted by molar-refractivity contribution is 5.93. The minimum absolute atomic E-state index is 0.147. The van der Waals surface area contributed by atoms with Crippen LogP contribution in [0.2, 0.25) is 0 Å². The van der Waals surface area contributed by atoms with Crippen LogP contribution in [0.1, 0.15) is 15.9 Å². The molecule has 1 N–H and O–H groups in total. The van der Waals surface area contributed by atoms with E-state index in [0.29, 0.717) is 17.7 Å². The van der Waals surface area contributed by atoms with Gasteiger partial charge in [-0.05, 0) is 29.8 Å². The van der Waals surface area contributed by atoms with Crippen LogP contribution < -0.4 is 5.32 Å². The number of hydrogen-bond acceptors (Lipinski definition) is 4. The maximum absolute atomic E-state index is 11.8. The van der Waals surface area contributed by atoms with E-state index in [1.165, 1.54) is 12.6 Å². The van der Waals surface area contributed by atoms with Gasteiger partial charge in [-0.3, -0.25) is 9.78 Å². The van der Waals surface area contributed by atoms with Gasteiger partial charge in [-0.2, -0.15) is 0 Å². The number of nitrogens with zero attached hydrogens (tertiary/aromatic N) is 2. The maximum atomic E-state index is 11.8. The molecule has 3 rings (SSSR count). The van der Waals surface area contributed by atoms with Crippen molar-refractivity contribution in [2.24, 2.45) is 0 Å². The van der Waals surface area contributed by atoms with E-state index in [-0.39, 0.29) is 5.91 Å². The number of hydrogen-bond donors (Lipinski definition) is 1. The van der Waals surface area contributed by atoms with Crippen molar-refractivity contribution in [3.05, 3.63) is 60.2 Å². The van der Waals surface area contributed by atoms with E-state index in [9.17, 15) is 4.79 Å². The highest BCUT2D eigenvalue weighted by Crippen LogP contribution is 2.14. The molecule has 19 heavy (non-hydrogen) atoms. The Kier molecular flexibility index (Phi) is 2.94. The van der Waals surface area contributed by atoms with Gasteiger partial charge in [0.2, 0.25) is 0 Å². The average Bonchev–Trinajstić information content (AvgIpc) is 2.93. The van der Waals surface area contributed by atoms with E-state index < -0.39 is 0 Å². The van der Waals surface area contributed by atoms with Crippen LogP contribution in [0.4, 0.5) is 0 Å². The summed E-state index contributed by atoms with van der Waals surface area (Å²) in [5, 5.41) is 2.83. The lowest BCUT2D eigenvalue weighted by Gasteiger charge is -2.04. The van der Waals surface area contributed by atoms with Crippen molar-refractivity contribution >= 4 is 17.0 Å². The minimum Gasteiger partial charge on any atom is -0.443 e. The first kappa shape index (κ1) is 11.4. The molecule has 0 unspecified atom stereocenters. The van der Waals surface area contributed by atoms with Gasteiger partial charge in [0, 0.05) is 18.9 Å². The molecule has 0 bridgehead atoms. The van der Waals surface area contributed by atoms with E-state index in [1.54, 1.807) is 18.3 Å². The summed E-state index contributed by atoms with van der Waals surface area (Å²) in [4.78, 5) is 19.8. The Labute approximate surface area is 109 Å². The van der Waals surface area contributed by atoms with Crippen LogP contribution in [-0.2, 0) is 6.54 Å². The molecule has 1 aromatic carbocycles.